The predicted octanol–water partition coefficient (Wildman–Crippen LogP) is 3.66. The standard InChI is InChI=1S/C15H27N3S/c1-5-12-7-6-8-18(10-12)14-17-13(11-19-14)9-16-15(2,3)4/h11-12,16H,5-10H2,1-4H3. The summed E-state index contributed by atoms with van der Waals surface area (Å²) < 4.78 is 0. The van der Waals surface area contributed by atoms with Crippen molar-refractivity contribution >= 4 is 16.5 Å². The average molecular weight is 281 g/mol. The van der Waals surface area contributed by atoms with Gasteiger partial charge in [-0.25, -0.2) is 4.98 Å². The van der Waals surface area contributed by atoms with E-state index in [0.717, 1.165) is 12.5 Å². The van der Waals surface area contributed by atoms with E-state index in [4.69, 9.17) is 4.98 Å². The van der Waals surface area contributed by atoms with Crippen molar-refractivity contribution in [1.82, 2.24) is 10.3 Å². The summed E-state index contributed by atoms with van der Waals surface area (Å²) in [7, 11) is 0. The monoisotopic (exact) mass is 281 g/mol. The minimum atomic E-state index is 0.155. The Bertz CT molecular complexity index is 394. The fraction of sp³-hybridized carbons (Fsp3) is 0.800. The van der Waals surface area contributed by atoms with E-state index in [0.29, 0.717) is 0 Å². The highest BCUT2D eigenvalue weighted by Gasteiger charge is 2.21. The first-order chi connectivity index (χ1) is 8.98. The van der Waals surface area contributed by atoms with Crippen LogP contribution in [-0.2, 0) is 6.54 Å². The van der Waals surface area contributed by atoms with E-state index in [1.165, 1.54) is 43.2 Å². The number of piperidine rings is 1. The maximum absolute atomic E-state index is 4.79. The molecule has 0 amide bonds. The second-order valence-corrected chi connectivity index (χ2v) is 7.42. The van der Waals surface area contributed by atoms with Crippen LogP contribution in [0.3, 0.4) is 0 Å². The fourth-order valence-corrected chi connectivity index (χ4v) is 3.31. The quantitative estimate of drug-likeness (QED) is 0.913. The molecular formula is C15H27N3S. The molecule has 0 saturated carbocycles. The molecular weight excluding hydrogens is 254 g/mol. The van der Waals surface area contributed by atoms with Crippen molar-refractivity contribution in [3.8, 4) is 0 Å². The van der Waals surface area contributed by atoms with Crippen LogP contribution in [0, 0.1) is 5.92 Å². The maximum Gasteiger partial charge on any atom is 0.185 e. The Kier molecular flexibility index (Phi) is 4.85. The van der Waals surface area contributed by atoms with Crippen LogP contribution in [-0.4, -0.2) is 23.6 Å². The molecule has 0 spiro atoms. The van der Waals surface area contributed by atoms with Gasteiger partial charge in [0.05, 0.1) is 5.69 Å². The second-order valence-electron chi connectivity index (χ2n) is 6.59. The van der Waals surface area contributed by atoms with E-state index in [-0.39, 0.29) is 5.54 Å². The summed E-state index contributed by atoms with van der Waals surface area (Å²) in [6.07, 6.45) is 3.99. The van der Waals surface area contributed by atoms with Crippen LogP contribution in [0.1, 0.15) is 52.7 Å². The van der Waals surface area contributed by atoms with Crippen LogP contribution in [0.4, 0.5) is 5.13 Å². The van der Waals surface area contributed by atoms with Gasteiger partial charge in [-0.05, 0) is 39.5 Å². The average Bonchev–Trinajstić information content (AvgIpc) is 2.84. The molecule has 0 radical (unpaired) electrons. The maximum atomic E-state index is 4.79. The molecule has 0 bridgehead atoms. The van der Waals surface area contributed by atoms with E-state index in [1.54, 1.807) is 11.3 Å². The highest BCUT2D eigenvalue weighted by Crippen LogP contribution is 2.27. The summed E-state index contributed by atoms with van der Waals surface area (Å²) in [4.78, 5) is 7.26. The van der Waals surface area contributed by atoms with E-state index >= 15 is 0 Å². The normalized spacial score (nSPS) is 20.8. The van der Waals surface area contributed by atoms with Crippen LogP contribution in [0.15, 0.2) is 5.38 Å². The summed E-state index contributed by atoms with van der Waals surface area (Å²) in [5.41, 5.74) is 1.33. The minimum absolute atomic E-state index is 0.155. The topological polar surface area (TPSA) is 28.2 Å². The summed E-state index contributed by atoms with van der Waals surface area (Å²) >= 11 is 1.79. The minimum Gasteiger partial charge on any atom is -0.348 e. The second kappa shape index (κ2) is 6.23. The Hall–Kier alpha value is -0.610. The van der Waals surface area contributed by atoms with Crippen molar-refractivity contribution in [3.05, 3.63) is 11.1 Å². The summed E-state index contributed by atoms with van der Waals surface area (Å²) in [6, 6.07) is 0. The molecule has 1 saturated heterocycles. The first-order valence-corrected chi connectivity index (χ1v) is 8.30. The molecule has 1 atom stereocenters. The van der Waals surface area contributed by atoms with E-state index in [1.807, 2.05) is 0 Å². The molecule has 1 fully saturated rings. The molecule has 19 heavy (non-hydrogen) atoms. The van der Waals surface area contributed by atoms with Crippen molar-refractivity contribution in [2.45, 2.75) is 59.0 Å². The molecule has 1 aliphatic heterocycles. The molecule has 1 aromatic rings. The van der Waals surface area contributed by atoms with Crippen molar-refractivity contribution in [1.29, 1.82) is 0 Å². The summed E-state index contributed by atoms with van der Waals surface area (Å²) in [5.74, 6) is 0.855. The van der Waals surface area contributed by atoms with E-state index in [2.05, 4.69) is 43.3 Å². The van der Waals surface area contributed by atoms with Crippen molar-refractivity contribution < 1.29 is 0 Å². The number of aromatic nitrogens is 1. The largest absolute Gasteiger partial charge is 0.348 e. The van der Waals surface area contributed by atoms with Crippen LogP contribution in [0.5, 0.6) is 0 Å². The molecule has 1 unspecified atom stereocenters. The van der Waals surface area contributed by atoms with Crippen molar-refractivity contribution in [2.24, 2.45) is 5.92 Å². The first kappa shape index (κ1) is 14.8. The van der Waals surface area contributed by atoms with Crippen molar-refractivity contribution in [3.63, 3.8) is 0 Å². The summed E-state index contributed by atoms with van der Waals surface area (Å²) in [5, 5.41) is 6.91. The molecule has 3 nitrogen and oxygen atoms in total. The van der Waals surface area contributed by atoms with Gasteiger partial charge in [-0.3, -0.25) is 0 Å². The number of nitrogens with one attached hydrogen (secondary N) is 1. The van der Waals surface area contributed by atoms with Crippen LogP contribution in [0.2, 0.25) is 0 Å². The highest BCUT2D eigenvalue weighted by atomic mass is 32.1. The zero-order valence-electron chi connectivity index (χ0n) is 12.7. The molecule has 1 N–H and O–H groups in total. The van der Waals surface area contributed by atoms with Gasteiger partial charge in [0.2, 0.25) is 0 Å². The highest BCUT2D eigenvalue weighted by molar-refractivity contribution is 7.13. The Morgan fingerprint density at radius 3 is 2.95 bits per heavy atom. The lowest BCUT2D eigenvalue weighted by molar-refractivity contribution is 0.403. The van der Waals surface area contributed by atoms with E-state index in [9.17, 15) is 0 Å². The number of hydrogen-bond acceptors (Lipinski definition) is 4. The van der Waals surface area contributed by atoms with Gasteiger partial charge in [-0.15, -0.1) is 11.3 Å². The number of anilines is 1. The Balaban J connectivity index is 1.93. The van der Waals surface area contributed by atoms with Crippen molar-refractivity contribution in [2.75, 3.05) is 18.0 Å². The zero-order valence-corrected chi connectivity index (χ0v) is 13.5. The van der Waals surface area contributed by atoms with Gasteiger partial charge in [0, 0.05) is 30.6 Å². The van der Waals surface area contributed by atoms with Gasteiger partial charge < -0.3 is 10.2 Å². The number of nitrogens with zero attached hydrogens (tertiary/aromatic N) is 2. The van der Waals surface area contributed by atoms with E-state index < -0.39 is 0 Å². The molecule has 1 aliphatic rings. The number of rotatable bonds is 4. The lowest BCUT2D eigenvalue weighted by Gasteiger charge is -2.32. The third-order valence-electron chi connectivity index (χ3n) is 3.71. The molecule has 1 aromatic heterocycles. The lowest BCUT2D eigenvalue weighted by atomic mass is 9.96. The van der Waals surface area contributed by atoms with Crippen LogP contribution in [0.25, 0.3) is 0 Å². The van der Waals surface area contributed by atoms with Gasteiger partial charge in [0.25, 0.3) is 0 Å². The van der Waals surface area contributed by atoms with Crippen LogP contribution >= 0.6 is 11.3 Å². The first-order valence-electron chi connectivity index (χ1n) is 7.42. The number of thiazole rings is 1. The molecule has 4 heteroatoms. The van der Waals surface area contributed by atoms with Gasteiger partial charge >= 0.3 is 0 Å². The Labute approximate surface area is 121 Å². The molecule has 2 rings (SSSR count). The SMILES string of the molecule is CCC1CCCN(c2nc(CNC(C)(C)C)cs2)C1. The lowest BCUT2D eigenvalue weighted by Crippen LogP contribution is -2.36. The van der Waals surface area contributed by atoms with Gasteiger partial charge in [-0.2, -0.15) is 0 Å². The summed E-state index contributed by atoms with van der Waals surface area (Å²) in [6.45, 7) is 12.1. The molecule has 0 aliphatic carbocycles. The third kappa shape index (κ3) is 4.46. The molecule has 2 heterocycles. The Morgan fingerprint density at radius 2 is 2.26 bits per heavy atom. The van der Waals surface area contributed by atoms with Gasteiger partial charge in [-0.1, -0.05) is 13.3 Å². The number of hydrogen-bond donors (Lipinski definition) is 1. The van der Waals surface area contributed by atoms with Gasteiger partial charge in [0.1, 0.15) is 0 Å². The third-order valence-corrected chi connectivity index (χ3v) is 4.66. The zero-order chi connectivity index (χ0) is 13.9. The molecule has 108 valence electrons. The smallest absolute Gasteiger partial charge is 0.185 e. The predicted molar refractivity (Wildman–Crippen MR) is 83.9 cm³/mol. The van der Waals surface area contributed by atoms with Gasteiger partial charge in [0.15, 0.2) is 5.13 Å². The fourth-order valence-electron chi connectivity index (χ4n) is 2.45. The molecule has 0 aromatic carbocycles. The van der Waals surface area contributed by atoms with Crippen LogP contribution < -0.4 is 10.2 Å². The Morgan fingerprint density at radius 1 is 1.47 bits per heavy atom.